The van der Waals surface area contributed by atoms with Gasteiger partial charge in [0.1, 0.15) is 0 Å². The lowest BCUT2D eigenvalue weighted by molar-refractivity contribution is 0.250. The van der Waals surface area contributed by atoms with Gasteiger partial charge in [0.2, 0.25) is 0 Å². The lowest BCUT2D eigenvalue weighted by atomic mass is 9.99. The molecule has 0 spiro atoms. The lowest BCUT2D eigenvalue weighted by Crippen LogP contribution is -2.33. The van der Waals surface area contributed by atoms with Gasteiger partial charge in [0, 0.05) is 11.8 Å². The molecule has 0 aliphatic rings. The van der Waals surface area contributed by atoms with Crippen molar-refractivity contribution in [1.82, 2.24) is 5.32 Å². The number of carbonyl (C=O) groups is 1. The molecule has 0 atom stereocenters. The van der Waals surface area contributed by atoms with Crippen LogP contribution in [0.25, 0.3) is 0 Å². The Kier molecular flexibility index (Phi) is 7.11. The molecule has 0 radical (unpaired) electrons. The smallest absolute Gasteiger partial charge is 0.319 e. The van der Waals surface area contributed by atoms with Crippen LogP contribution >= 0.6 is 0 Å². The van der Waals surface area contributed by atoms with Crippen LogP contribution in [0, 0.1) is 0 Å². The van der Waals surface area contributed by atoms with Gasteiger partial charge in [0.25, 0.3) is 0 Å². The molecule has 2 amide bonds. The van der Waals surface area contributed by atoms with Crippen molar-refractivity contribution < 1.29 is 14.3 Å². The number of nitrogens with one attached hydrogen (secondary N) is 2. The fourth-order valence-electron chi connectivity index (χ4n) is 3.08. The second-order valence-electron chi connectivity index (χ2n) is 6.38. The van der Waals surface area contributed by atoms with Gasteiger partial charge < -0.3 is 20.1 Å². The fraction of sp³-hybridized carbons (Fsp3) is 0.208. The van der Waals surface area contributed by atoms with E-state index in [9.17, 15) is 4.79 Å². The first-order valence-corrected chi connectivity index (χ1v) is 9.78. The quantitative estimate of drug-likeness (QED) is 0.542. The molecule has 0 unspecified atom stereocenters. The molecule has 150 valence electrons. The summed E-state index contributed by atoms with van der Waals surface area (Å²) < 4.78 is 11.2. The lowest BCUT2D eigenvalue weighted by Gasteiger charge is -2.20. The van der Waals surface area contributed by atoms with Gasteiger partial charge in [-0.1, -0.05) is 60.7 Å². The molecule has 0 aromatic heterocycles. The minimum Gasteiger partial charge on any atom is -0.490 e. The summed E-state index contributed by atoms with van der Waals surface area (Å²) in [6, 6.07) is 24.6. The summed E-state index contributed by atoms with van der Waals surface area (Å²) in [5.74, 6) is 1.27. The van der Waals surface area contributed by atoms with Crippen LogP contribution in [0.4, 0.5) is 10.5 Å². The topological polar surface area (TPSA) is 59.6 Å². The molecule has 3 aromatic carbocycles. The highest BCUT2D eigenvalue weighted by Gasteiger charge is 2.17. The number of hydrogen-bond donors (Lipinski definition) is 2. The molecule has 0 aliphatic carbocycles. The molecule has 5 nitrogen and oxygen atoms in total. The zero-order valence-electron chi connectivity index (χ0n) is 16.7. The minimum absolute atomic E-state index is 0.258. The zero-order valence-corrected chi connectivity index (χ0v) is 16.7. The molecule has 5 heteroatoms. The van der Waals surface area contributed by atoms with E-state index in [0.717, 1.165) is 11.1 Å². The first-order chi connectivity index (χ1) is 14.2. The Labute approximate surface area is 171 Å². The third-order valence-electron chi connectivity index (χ3n) is 4.34. The highest BCUT2D eigenvalue weighted by molar-refractivity contribution is 5.90. The standard InChI is InChI=1S/C24H26N2O3/c1-3-28-21-16-15-20(17-22(21)29-4-2)25-24(27)26-23(18-11-7-5-8-12-18)19-13-9-6-10-14-19/h5-17,23H,3-4H2,1-2H3,(H2,25,26,27). The number of carbonyl (C=O) groups excluding carboxylic acids is 1. The normalized spacial score (nSPS) is 10.4. The number of amides is 2. The second-order valence-corrected chi connectivity index (χ2v) is 6.38. The van der Waals surface area contributed by atoms with Crippen LogP contribution in [0.3, 0.4) is 0 Å². The summed E-state index contributed by atoms with van der Waals surface area (Å²) in [5.41, 5.74) is 2.65. The third-order valence-corrected chi connectivity index (χ3v) is 4.34. The van der Waals surface area contributed by atoms with Gasteiger partial charge in [-0.15, -0.1) is 0 Å². The van der Waals surface area contributed by atoms with Crippen LogP contribution in [0.2, 0.25) is 0 Å². The van der Waals surface area contributed by atoms with Crippen molar-refractivity contribution in [1.29, 1.82) is 0 Å². The van der Waals surface area contributed by atoms with Gasteiger partial charge in [0.15, 0.2) is 11.5 Å². The highest BCUT2D eigenvalue weighted by Crippen LogP contribution is 2.31. The Morgan fingerprint density at radius 1 is 0.793 bits per heavy atom. The predicted octanol–water partition coefficient (Wildman–Crippen LogP) is 5.40. The Bertz CT molecular complexity index is 874. The summed E-state index contributed by atoms with van der Waals surface area (Å²) in [7, 11) is 0. The zero-order chi connectivity index (χ0) is 20.5. The molecule has 0 fully saturated rings. The largest absolute Gasteiger partial charge is 0.490 e. The highest BCUT2D eigenvalue weighted by atomic mass is 16.5. The molecule has 0 heterocycles. The van der Waals surface area contributed by atoms with E-state index in [1.165, 1.54) is 0 Å². The van der Waals surface area contributed by atoms with Crippen molar-refractivity contribution in [2.45, 2.75) is 19.9 Å². The Morgan fingerprint density at radius 3 is 1.90 bits per heavy atom. The molecule has 2 N–H and O–H groups in total. The third kappa shape index (κ3) is 5.51. The van der Waals surface area contributed by atoms with E-state index in [1.807, 2.05) is 74.5 Å². The summed E-state index contributed by atoms with van der Waals surface area (Å²) in [6.07, 6.45) is 0. The van der Waals surface area contributed by atoms with Crippen molar-refractivity contribution >= 4 is 11.7 Å². The average Bonchev–Trinajstić information content (AvgIpc) is 2.75. The molecule has 0 saturated heterocycles. The van der Waals surface area contributed by atoms with Crippen LogP contribution in [0.5, 0.6) is 11.5 Å². The van der Waals surface area contributed by atoms with Crippen LogP contribution in [0.15, 0.2) is 78.9 Å². The van der Waals surface area contributed by atoms with Crippen molar-refractivity contribution in [3.8, 4) is 11.5 Å². The summed E-state index contributed by atoms with van der Waals surface area (Å²) in [6.45, 7) is 4.89. The van der Waals surface area contributed by atoms with Crippen molar-refractivity contribution in [2.24, 2.45) is 0 Å². The second kappa shape index (κ2) is 10.2. The maximum atomic E-state index is 12.8. The molecule has 0 aliphatic heterocycles. The van der Waals surface area contributed by atoms with Crippen molar-refractivity contribution in [3.05, 3.63) is 90.0 Å². The first kappa shape index (κ1) is 20.3. The SMILES string of the molecule is CCOc1ccc(NC(=O)NC(c2ccccc2)c2ccccc2)cc1OCC. The Morgan fingerprint density at radius 2 is 1.34 bits per heavy atom. The van der Waals surface area contributed by atoms with E-state index in [1.54, 1.807) is 18.2 Å². The molecule has 29 heavy (non-hydrogen) atoms. The molecular weight excluding hydrogens is 364 g/mol. The van der Waals surface area contributed by atoms with E-state index in [-0.39, 0.29) is 12.1 Å². The Hall–Kier alpha value is -3.47. The molecule has 3 aromatic rings. The van der Waals surface area contributed by atoms with Gasteiger partial charge in [0.05, 0.1) is 19.3 Å². The summed E-state index contributed by atoms with van der Waals surface area (Å²) >= 11 is 0. The van der Waals surface area contributed by atoms with Crippen molar-refractivity contribution in [3.63, 3.8) is 0 Å². The predicted molar refractivity (Wildman–Crippen MR) is 116 cm³/mol. The molecule has 0 saturated carbocycles. The molecule has 0 bridgehead atoms. The monoisotopic (exact) mass is 390 g/mol. The number of ether oxygens (including phenoxy) is 2. The number of benzene rings is 3. The van der Waals surface area contributed by atoms with Crippen LogP contribution in [-0.4, -0.2) is 19.2 Å². The maximum Gasteiger partial charge on any atom is 0.319 e. The average molecular weight is 390 g/mol. The maximum absolute atomic E-state index is 12.8. The minimum atomic E-state index is -0.297. The first-order valence-electron chi connectivity index (χ1n) is 9.78. The van der Waals surface area contributed by atoms with Gasteiger partial charge in [-0.2, -0.15) is 0 Å². The summed E-state index contributed by atoms with van der Waals surface area (Å²) in [4.78, 5) is 12.8. The Balaban J connectivity index is 1.78. The van der Waals surface area contributed by atoms with E-state index in [0.29, 0.717) is 30.4 Å². The van der Waals surface area contributed by atoms with E-state index in [2.05, 4.69) is 10.6 Å². The molecular formula is C24H26N2O3. The fourth-order valence-corrected chi connectivity index (χ4v) is 3.08. The van der Waals surface area contributed by atoms with Gasteiger partial charge in [-0.3, -0.25) is 0 Å². The van der Waals surface area contributed by atoms with Crippen LogP contribution in [0.1, 0.15) is 31.0 Å². The van der Waals surface area contributed by atoms with E-state index in [4.69, 9.17) is 9.47 Å². The van der Waals surface area contributed by atoms with Crippen molar-refractivity contribution in [2.75, 3.05) is 18.5 Å². The van der Waals surface area contributed by atoms with Crippen LogP contribution < -0.4 is 20.1 Å². The van der Waals surface area contributed by atoms with Gasteiger partial charge >= 0.3 is 6.03 Å². The number of anilines is 1. The summed E-state index contributed by atoms with van der Waals surface area (Å²) in [5, 5.41) is 5.96. The van der Waals surface area contributed by atoms with Crippen LogP contribution in [-0.2, 0) is 0 Å². The number of rotatable bonds is 8. The van der Waals surface area contributed by atoms with E-state index < -0.39 is 0 Å². The number of urea groups is 1. The van der Waals surface area contributed by atoms with Gasteiger partial charge in [-0.25, -0.2) is 4.79 Å². The molecule has 3 rings (SSSR count). The number of hydrogen-bond acceptors (Lipinski definition) is 3. The van der Waals surface area contributed by atoms with E-state index >= 15 is 0 Å². The van der Waals surface area contributed by atoms with Gasteiger partial charge in [-0.05, 0) is 37.1 Å².